The molecular formula is C15H17N3OS. The summed E-state index contributed by atoms with van der Waals surface area (Å²) in [7, 11) is 0. The molecule has 0 fully saturated rings. The third-order valence-corrected chi connectivity index (χ3v) is 2.94. The number of hydrazone groups is 1. The van der Waals surface area contributed by atoms with Gasteiger partial charge in [-0.05, 0) is 56.8 Å². The van der Waals surface area contributed by atoms with E-state index in [0.717, 1.165) is 17.0 Å². The van der Waals surface area contributed by atoms with Crippen molar-refractivity contribution < 1.29 is 4.42 Å². The summed E-state index contributed by atoms with van der Waals surface area (Å²) in [6.07, 6.45) is 1.59. The lowest BCUT2D eigenvalue weighted by molar-refractivity contribution is 0.527. The number of aryl methyl sites for hydroxylation is 3. The van der Waals surface area contributed by atoms with Gasteiger partial charge in [-0.15, -0.1) is 0 Å². The van der Waals surface area contributed by atoms with E-state index in [9.17, 15) is 0 Å². The molecule has 1 aromatic heterocycles. The van der Waals surface area contributed by atoms with Crippen molar-refractivity contribution in [3.63, 3.8) is 0 Å². The van der Waals surface area contributed by atoms with E-state index in [1.54, 1.807) is 6.21 Å². The van der Waals surface area contributed by atoms with Crippen molar-refractivity contribution in [2.75, 3.05) is 5.32 Å². The van der Waals surface area contributed by atoms with E-state index in [4.69, 9.17) is 16.6 Å². The molecule has 2 rings (SSSR count). The summed E-state index contributed by atoms with van der Waals surface area (Å²) < 4.78 is 5.36. The van der Waals surface area contributed by atoms with E-state index < -0.39 is 0 Å². The van der Waals surface area contributed by atoms with Crippen molar-refractivity contribution in [2.24, 2.45) is 5.10 Å². The molecular weight excluding hydrogens is 270 g/mol. The zero-order chi connectivity index (χ0) is 14.5. The van der Waals surface area contributed by atoms with Gasteiger partial charge in [0.2, 0.25) is 0 Å². The molecule has 0 spiro atoms. The first-order valence-electron chi connectivity index (χ1n) is 6.28. The van der Waals surface area contributed by atoms with Crippen molar-refractivity contribution in [3.05, 3.63) is 53.0 Å². The molecule has 4 nitrogen and oxygen atoms in total. The first-order valence-corrected chi connectivity index (χ1v) is 6.69. The van der Waals surface area contributed by atoms with Gasteiger partial charge >= 0.3 is 0 Å². The molecule has 0 aliphatic heterocycles. The van der Waals surface area contributed by atoms with Gasteiger partial charge in [-0.3, -0.25) is 5.43 Å². The van der Waals surface area contributed by atoms with E-state index in [-0.39, 0.29) is 0 Å². The highest BCUT2D eigenvalue weighted by Gasteiger charge is 2.00. The normalized spacial score (nSPS) is 10.8. The monoisotopic (exact) mass is 287 g/mol. The van der Waals surface area contributed by atoms with Gasteiger partial charge in [0.1, 0.15) is 11.5 Å². The fraction of sp³-hybridized carbons (Fsp3) is 0.200. The summed E-state index contributed by atoms with van der Waals surface area (Å²) in [5.41, 5.74) is 6.09. The number of anilines is 1. The molecule has 104 valence electrons. The Morgan fingerprint density at radius 3 is 2.65 bits per heavy atom. The number of rotatable bonds is 3. The standard InChI is InChI=1S/C15H17N3OS/c1-10-4-7-14(11(2)8-10)17-15(20)18-16-9-13-6-5-12(3)19-13/h4-9H,1-3H3,(H2,17,18,20)/b16-9-. The summed E-state index contributed by atoms with van der Waals surface area (Å²) in [6.45, 7) is 5.98. The molecule has 0 bridgehead atoms. The zero-order valence-electron chi connectivity index (χ0n) is 11.7. The van der Waals surface area contributed by atoms with Crippen LogP contribution >= 0.6 is 12.2 Å². The number of hydrogen-bond acceptors (Lipinski definition) is 3. The van der Waals surface area contributed by atoms with Crippen LogP contribution in [0.5, 0.6) is 0 Å². The molecule has 1 aromatic carbocycles. The first kappa shape index (κ1) is 14.3. The summed E-state index contributed by atoms with van der Waals surface area (Å²) in [5, 5.41) is 7.57. The third-order valence-electron chi connectivity index (χ3n) is 2.75. The molecule has 2 aromatic rings. The van der Waals surface area contributed by atoms with Gasteiger partial charge in [0.15, 0.2) is 5.11 Å². The minimum Gasteiger partial charge on any atom is -0.460 e. The molecule has 0 atom stereocenters. The van der Waals surface area contributed by atoms with Gasteiger partial charge in [0.25, 0.3) is 0 Å². The van der Waals surface area contributed by atoms with Crippen LogP contribution in [0.4, 0.5) is 5.69 Å². The molecule has 0 aliphatic rings. The highest BCUT2D eigenvalue weighted by Crippen LogP contribution is 2.15. The highest BCUT2D eigenvalue weighted by molar-refractivity contribution is 7.80. The number of nitrogens with zero attached hydrogens (tertiary/aromatic N) is 1. The Labute approximate surface area is 123 Å². The average molecular weight is 287 g/mol. The van der Waals surface area contributed by atoms with Crippen molar-refractivity contribution in [1.82, 2.24) is 5.43 Å². The minimum absolute atomic E-state index is 0.441. The Morgan fingerprint density at radius 2 is 2.00 bits per heavy atom. The number of hydrogen-bond donors (Lipinski definition) is 2. The second-order valence-corrected chi connectivity index (χ2v) is 5.00. The molecule has 0 radical (unpaired) electrons. The van der Waals surface area contributed by atoms with Crippen LogP contribution in [0.1, 0.15) is 22.6 Å². The summed E-state index contributed by atoms with van der Waals surface area (Å²) in [6, 6.07) is 9.86. The molecule has 0 aliphatic carbocycles. The Kier molecular flexibility index (Phi) is 4.53. The zero-order valence-corrected chi connectivity index (χ0v) is 12.5. The average Bonchev–Trinajstić information content (AvgIpc) is 2.79. The summed E-state index contributed by atoms with van der Waals surface area (Å²) >= 11 is 5.18. The number of furan rings is 1. The van der Waals surface area contributed by atoms with Crippen LogP contribution < -0.4 is 10.7 Å². The van der Waals surface area contributed by atoms with E-state index in [1.807, 2.05) is 38.1 Å². The summed E-state index contributed by atoms with van der Waals surface area (Å²) in [5.74, 6) is 1.53. The van der Waals surface area contributed by atoms with E-state index in [2.05, 4.69) is 28.8 Å². The lowest BCUT2D eigenvalue weighted by Crippen LogP contribution is -2.24. The fourth-order valence-electron chi connectivity index (χ4n) is 1.78. The molecule has 0 amide bonds. The van der Waals surface area contributed by atoms with Crippen LogP contribution in [0.15, 0.2) is 39.9 Å². The third kappa shape index (κ3) is 3.93. The van der Waals surface area contributed by atoms with E-state index in [0.29, 0.717) is 10.9 Å². The number of thiocarbonyl (C=S) groups is 1. The topological polar surface area (TPSA) is 49.6 Å². The Bertz CT molecular complexity index is 646. The van der Waals surface area contributed by atoms with Gasteiger partial charge in [-0.25, -0.2) is 0 Å². The van der Waals surface area contributed by atoms with Gasteiger partial charge in [-0.1, -0.05) is 17.7 Å². The van der Waals surface area contributed by atoms with Crippen molar-refractivity contribution in [1.29, 1.82) is 0 Å². The Hall–Kier alpha value is -2.14. The van der Waals surface area contributed by atoms with Crippen LogP contribution in [0.3, 0.4) is 0 Å². The van der Waals surface area contributed by atoms with Crippen molar-refractivity contribution >= 4 is 29.2 Å². The van der Waals surface area contributed by atoms with E-state index >= 15 is 0 Å². The first-order chi connectivity index (χ1) is 9.54. The lowest BCUT2D eigenvalue weighted by Gasteiger charge is -2.10. The SMILES string of the molecule is Cc1ccc(NC(=S)N/N=C\c2ccc(C)o2)c(C)c1. The van der Waals surface area contributed by atoms with Gasteiger partial charge in [0, 0.05) is 5.69 Å². The predicted octanol–water partition coefficient (Wildman–Crippen LogP) is 3.53. The maximum absolute atomic E-state index is 5.36. The van der Waals surface area contributed by atoms with Crippen molar-refractivity contribution in [3.8, 4) is 0 Å². The minimum atomic E-state index is 0.441. The number of benzene rings is 1. The molecule has 5 heteroatoms. The molecule has 1 heterocycles. The van der Waals surface area contributed by atoms with E-state index in [1.165, 1.54) is 5.56 Å². The van der Waals surface area contributed by atoms with Crippen LogP contribution in [-0.4, -0.2) is 11.3 Å². The number of nitrogens with one attached hydrogen (secondary N) is 2. The Morgan fingerprint density at radius 1 is 1.20 bits per heavy atom. The Balaban J connectivity index is 1.91. The lowest BCUT2D eigenvalue weighted by atomic mass is 10.1. The maximum Gasteiger partial charge on any atom is 0.191 e. The molecule has 0 unspecified atom stereocenters. The van der Waals surface area contributed by atoms with Crippen LogP contribution in [0.25, 0.3) is 0 Å². The maximum atomic E-state index is 5.36. The predicted molar refractivity (Wildman–Crippen MR) is 86.3 cm³/mol. The van der Waals surface area contributed by atoms with Gasteiger partial charge in [0.05, 0.1) is 6.21 Å². The second-order valence-electron chi connectivity index (χ2n) is 4.59. The molecule has 2 N–H and O–H groups in total. The molecule has 0 saturated carbocycles. The van der Waals surface area contributed by atoms with Gasteiger partial charge < -0.3 is 9.73 Å². The van der Waals surface area contributed by atoms with Crippen molar-refractivity contribution in [2.45, 2.75) is 20.8 Å². The second kappa shape index (κ2) is 6.34. The molecule has 20 heavy (non-hydrogen) atoms. The van der Waals surface area contributed by atoms with Crippen LogP contribution in [0, 0.1) is 20.8 Å². The van der Waals surface area contributed by atoms with Gasteiger partial charge in [-0.2, -0.15) is 5.10 Å². The van der Waals surface area contributed by atoms with Crippen LogP contribution in [-0.2, 0) is 0 Å². The summed E-state index contributed by atoms with van der Waals surface area (Å²) in [4.78, 5) is 0. The smallest absolute Gasteiger partial charge is 0.191 e. The fourth-order valence-corrected chi connectivity index (χ4v) is 1.94. The quantitative estimate of drug-likeness (QED) is 0.515. The molecule has 0 saturated heterocycles. The largest absolute Gasteiger partial charge is 0.460 e. The van der Waals surface area contributed by atoms with Crippen LogP contribution in [0.2, 0.25) is 0 Å². The highest BCUT2D eigenvalue weighted by atomic mass is 32.1.